The summed E-state index contributed by atoms with van der Waals surface area (Å²) < 4.78 is 6.09. The Labute approximate surface area is 142 Å². The Morgan fingerprint density at radius 3 is 3.08 bits per heavy atom. The highest BCUT2D eigenvalue weighted by Gasteiger charge is 2.77. The average Bonchev–Trinajstić information content (AvgIpc) is 2.89. The molecule has 0 aromatic heterocycles. The number of fused-ring (bicyclic) bond motifs is 4. The van der Waals surface area contributed by atoms with E-state index in [0.29, 0.717) is 25.0 Å². The number of rotatable bonds is 1. The van der Waals surface area contributed by atoms with Crippen LogP contribution < -0.4 is 0 Å². The van der Waals surface area contributed by atoms with Crippen molar-refractivity contribution in [2.75, 3.05) is 20.2 Å². The quantitative estimate of drug-likeness (QED) is 0.453. The van der Waals surface area contributed by atoms with Gasteiger partial charge in [0.15, 0.2) is 0 Å². The van der Waals surface area contributed by atoms with Crippen molar-refractivity contribution in [3.63, 3.8) is 0 Å². The van der Waals surface area contributed by atoms with Crippen LogP contribution in [0.15, 0.2) is 41.9 Å². The SMILES string of the molecule is C=CC12C[N+](C)([O-])C3CC14C(=Nc1ccccc14)[C@H]1C[C@@H]2[C@@H]3CO1. The molecule has 4 unspecified atom stereocenters. The maximum atomic E-state index is 13.4. The number of quaternary nitrogens is 1. The molecule has 1 aromatic carbocycles. The summed E-state index contributed by atoms with van der Waals surface area (Å²) in [5, 5.41) is 13.4. The highest BCUT2D eigenvalue weighted by Crippen LogP contribution is 2.71. The second-order valence-corrected chi connectivity index (χ2v) is 8.60. The number of para-hydroxylation sites is 1. The van der Waals surface area contributed by atoms with E-state index in [9.17, 15) is 5.21 Å². The highest BCUT2D eigenvalue weighted by atomic mass is 16.5. The predicted molar refractivity (Wildman–Crippen MR) is 92.0 cm³/mol. The van der Waals surface area contributed by atoms with E-state index in [0.717, 1.165) is 18.5 Å². The fourth-order valence-corrected chi connectivity index (χ4v) is 7.17. The number of ether oxygens (including phenoxy) is 1. The fraction of sp³-hybridized carbons (Fsp3) is 0.550. The lowest BCUT2D eigenvalue weighted by Crippen LogP contribution is -2.82. The molecule has 2 aliphatic carbocycles. The first kappa shape index (κ1) is 13.8. The van der Waals surface area contributed by atoms with E-state index in [2.05, 4.69) is 36.9 Å². The summed E-state index contributed by atoms with van der Waals surface area (Å²) in [5.74, 6) is 0.855. The third-order valence-electron chi connectivity index (χ3n) is 7.93. The van der Waals surface area contributed by atoms with Crippen LogP contribution in [0.3, 0.4) is 0 Å². The Balaban J connectivity index is 1.72. The molecular formula is C20H22N2O2. The van der Waals surface area contributed by atoms with E-state index in [-0.39, 0.29) is 27.6 Å². The van der Waals surface area contributed by atoms with Crippen LogP contribution in [0.25, 0.3) is 0 Å². The topological polar surface area (TPSA) is 44.7 Å². The molecule has 124 valence electrons. The Morgan fingerprint density at radius 1 is 1.42 bits per heavy atom. The molecule has 4 aliphatic heterocycles. The third-order valence-corrected chi connectivity index (χ3v) is 7.93. The zero-order chi connectivity index (χ0) is 16.3. The molecular weight excluding hydrogens is 300 g/mol. The number of benzene rings is 1. The molecule has 7 rings (SSSR count). The monoisotopic (exact) mass is 322 g/mol. The molecule has 0 amide bonds. The predicted octanol–water partition coefficient (Wildman–Crippen LogP) is 2.95. The van der Waals surface area contributed by atoms with E-state index < -0.39 is 0 Å². The Hall–Kier alpha value is -1.49. The van der Waals surface area contributed by atoms with Crippen LogP contribution in [0.4, 0.5) is 5.69 Å². The van der Waals surface area contributed by atoms with Crippen molar-refractivity contribution in [2.24, 2.45) is 22.2 Å². The summed E-state index contributed by atoms with van der Waals surface area (Å²) in [4.78, 5) is 5.06. The van der Waals surface area contributed by atoms with Gasteiger partial charge in [0.25, 0.3) is 0 Å². The standard InChI is InChI=1S/C20H22N2O2/c1-3-19-11-22(2,23)16-9-20(19)13-6-4-5-7-15(13)21-18(20)17-8-14(19)12(16)10-24-17/h3-7,12,14,16-17H,1,8-11H2,2H3/t12-,14+,16?,17+,19?,20?,22?/m0/s1. The summed E-state index contributed by atoms with van der Waals surface area (Å²) in [6, 6.07) is 8.61. The lowest BCUT2D eigenvalue weighted by atomic mass is 9.37. The van der Waals surface area contributed by atoms with Gasteiger partial charge in [0, 0.05) is 12.3 Å². The molecule has 5 fully saturated rings. The lowest BCUT2D eigenvalue weighted by molar-refractivity contribution is -0.915. The summed E-state index contributed by atoms with van der Waals surface area (Å²) in [6.07, 6.45) is 4.15. The van der Waals surface area contributed by atoms with Crippen LogP contribution in [0.2, 0.25) is 0 Å². The van der Waals surface area contributed by atoms with Gasteiger partial charge in [0.1, 0.15) is 0 Å². The molecule has 1 spiro atoms. The largest absolute Gasteiger partial charge is 0.633 e. The van der Waals surface area contributed by atoms with Crippen molar-refractivity contribution in [3.8, 4) is 0 Å². The van der Waals surface area contributed by atoms with Crippen molar-refractivity contribution < 1.29 is 9.38 Å². The number of hydrogen-bond donors (Lipinski definition) is 0. The molecule has 0 radical (unpaired) electrons. The fourth-order valence-electron chi connectivity index (χ4n) is 7.17. The highest BCUT2D eigenvalue weighted by molar-refractivity contribution is 6.07. The first-order chi connectivity index (χ1) is 11.5. The van der Waals surface area contributed by atoms with Gasteiger partial charge in [-0.05, 0) is 24.0 Å². The van der Waals surface area contributed by atoms with E-state index >= 15 is 0 Å². The molecule has 4 heterocycles. The van der Waals surface area contributed by atoms with Crippen LogP contribution in [-0.2, 0) is 10.2 Å². The van der Waals surface area contributed by atoms with Crippen LogP contribution in [-0.4, -0.2) is 42.7 Å². The second-order valence-electron chi connectivity index (χ2n) is 8.60. The number of hydrogen-bond acceptors (Lipinski definition) is 3. The van der Waals surface area contributed by atoms with Gasteiger partial charge in [0.2, 0.25) is 0 Å². The van der Waals surface area contributed by atoms with Crippen molar-refractivity contribution in [1.29, 1.82) is 0 Å². The average molecular weight is 322 g/mol. The summed E-state index contributed by atoms with van der Waals surface area (Å²) in [6.45, 7) is 5.60. The van der Waals surface area contributed by atoms with Gasteiger partial charge in [-0.1, -0.05) is 24.3 Å². The number of piperidine rings is 2. The summed E-state index contributed by atoms with van der Waals surface area (Å²) in [5.41, 5.74) is 3.22. The molecule has 6 aliphatic rings. The van der Waals surface area contributed by atoms with Gasteiger partial charge in [-0.3, -0.25) is 4.99 Å². The second kappa shape index (κ2) is 3.85. The smallest absolute Gasteiger partial charge is 0.0968 e. The molecule has 7 atom stereocenters. The third kappa shape index (κ3) is 1.18. The van der Waals surface area contributed by atoms with Crippen molar-refractivity contribution in [3.05, 3.63) is 47.7 Å². The van der Waals surface area contributed by atoms with Crippen molar-refractivity contribution >= 4 is 11.4 Å². The molecule has 5 bridgehead atoms. The summed E-state index contributed by atoms with van der Waals surface area (Å²) in [7, 11) is 1.86. The Kier molecular flexibility index (Phi) is 2.20. The van der Waals surface area contributed by atoms with E-state index in [4.69, 9.17) is 9.73 Å². The lowest BCUT2D eigenvalue weighted by Gasteiger charge is -2.74. The maximum Gasteiger partial charge on any atom is 0.0968 e. The molecule has 4 nitrogen and oxygen atoms in total. The molecule has 0 N–H and O–H groups in total. The molecule has 24 heavy (non-hydrogen) atoms. The first-order valence-electron chi connectivity index (χ1n) is 9.03. The van der Waals surface area contributed by atoms with Gasteiger partial charge >= 0.3 is 0 Å². The molecule has 1 aromatic rings. The Morgan fingerprint density at radius 2 is 2.25 bits per heavy atom. The first-order valence-corrected chi connectivity index (χ1v) is 9.03. The minimum absolute atomic E-state index is 0.106. The van der Waals surface area contributed by atoms with E-state index in [1.165, 1.54) is 11.3 Å². The van der Waals surface area contributed by atoms with Crippen molar-refractivity contribution in [2.45, 2.75) is 30.4 Å². The van der Waals surface area contributed by atoms with Crippen LogP contribution in [0, 0.1) is 22.5 Å². The number of aliphatic imine (C=N–C) groups is 1. The van der Waals surface area contributed by atoms with Crippen LogP contribution in [0.1, 0.15) is 18.4 Å². The van der Waals surface area contributed by atoms with Gasteiger partial charge in [-0.25, -0.2) is 0 Å². The maximum absolute atomic E-state index is 13.4. The number of hydroxylamine groups is 3. The van der Waals surface area contributed by atoms with Gasteiger partial charge in [-0.15, -0.1) is 6.58 Å². The van der Waals surface area contributed by atoms with Crippen LogP contribution >= 0.6 is 0 Å². The van der Waals surface area contributed by atoms with E-state index in [1.54, 1.807) is 0 Å². The normalized spacial score (nSPS) is 52.7. The van der Waals surface area contributed by atoms with Gasteiger partial charge in [-0.2, -0.15) is 0 Å². The zero-order valence-electron chi connectivity index (χ0n) is 13.9. The minimum atomic E-state index is -0.186. The zero-order valence-corrected chi connectivity index (χ0v) is 13.9. The molecule has 2 saturated carbocycles. The summed E-state index contributed by atoms with van der Waals surface area (Å²) >= 11 is 0. The Bertz CT molecular complexity index is 816. The van der Waals surface area contributed by atoms with Crippen LogP contribution in [0.5, 0.6) is 0 Å². The van der Waals surface area contributed by atoms with Gasteiger partial charge in [0.05, 0.1) is 54.6 Å². The van der Waals surface area contributed by atoms with Crippen molar-refractivity contribution in [1.82, 2.24) is 0 Å². The van der Waals surface area contributed by atoms with E-state index in [1.807, 2.05) is 7.05 Å². The molecule has 3 saturated heterocycles. The minimum Gasteiger partial charge on any atom is -0.633 e. The van der Waals surface area contributed by atoms with Gasteiger partial charge < -0.3 is 14.6 Å². The number of nitrogens with zero attached hydrogens (tertiary/aromatic N) is 2. The molecule has 4 heteroatoms.